The smallest absolute Gasteiger partial charge is 0.338 e. The molecule has 1 heterocycles. The molecule has 28 heavy (non-hydrogen) atoms. The third-order valence-corrected chi connectivity index (χ3v) is 3.79. The Labute approximate surface area is 161 Å². The summed E-state index contributed by atoms with van der Waals surface area (Å²) < 4.78 is 10.7. The molecule has 0 aliphatic heterocycles. The molecule has 0 aliphatic rings. The molecule has 0 saturated heterocycles. The van der Waals surface area contributed by atoms with Gasteiger partial charge in [0.1, 0.15) is 11.5 Å². The highest BCUT2D eigenvalue weighted by atomic mass is 16.5. The van der Waals surface area contributed by atoms with Crippen molar-refractivity contribution in [1.82, 2.24) is 0 Å². The van der Waals surface area contributed by atoms with E-state index >= 15 is 0 Å². The number of anilines is 1. The summed E-state index contributed by atoms with van der Waals surface area (Å²) in [5, 5.41) is 14.9. The van der Waals surface area contributed by atoms with Gasteiger partial charge in [0.15, 0.2) is 0 Å². The van der Waals surface area contributed by atoms with Gasteiger partial charge in [-0.05, 0) is 48.9 Å². The van der Waals surface area contributed by atoms with E-state index in [1.54, 1.807) is 55.5 Å². The first-order chi connectivity index (χ1) is 13.6. The summed E-state index contributed by atoms with van der Waals surface area (Å²) >= 11 is 0. The molecule has 2 aromatic carbocycles. The van der Waals surface area contributed by atoms with Gasteiger partial charge in [0.25, 0.3) is 0 Å². The van der Waals surface area contributed by atoms with E-state index in [9.17, 15) is 14.7 Å². The van der Waals surface area contributed by atoms with E-state index < -0.39 is 5.97 Å². The Balaban J connectivity index is 1.65. The lowest BCUT2D eigenvalue weighted by atomic mass is 10.1. The first-order valence-corrected chi connectivity index (χ1v) is 8.54. The minimum Gasteiger partial charge on any atom is -0.545 e. The summed E-state index contributed by atoms with van der Waals surface area (Å²) in [4.78, 5) is 22.5. The lowest BCUT2D eigenvalue weighted by Gasteiger charge is -2.04. The van der Waals surface area contributed by atoms with Crippen LogP contribution in [-0.4, -0.2) is 24.8 Å². The maximum Gasteiger partial charge on any atom is 0.338 e. The van der Waals surface area contributed by atoms with Crippen LogP contribution in [0.15, 0.2) is 70.2 Å². The number of carbonyl (C=O) groups excluding carboxylic acids is 2. The van der Waals surface area contributed by atoms with Crippen LogP contribution >= 0.6 is 0 Å². The molecule has 0 bridgehead atoms. The number of carbonyl (C=O) groups is 2. The number of hydrazone groups is 1. The second-order valence-corrected chi connectivity index (χ2v) is 5.74. The second-order valence-electron chi connectivity index (χ2n) is 5.74. The minimum absolute atomic E-state index is 0.0618. The molecule has 0 aliphatic carbocycles. The zero-order valence-corrected chi connectivity index (χ0v) is 15.0. The van der Waals surface area contributed by atoms with E-state index in [4.69, 9.17) is 9.15 Å². The molecular weight excluding hydrogens is 360 g/mol. The van der Waals surface area contributed by atoms with Crippen molar-refractivity contribution in [3.8, 4) is 11.3 Å². The molecule has 0 fully saturated rings. The summed E-state index contributed by atoms with van der Waals surface area (Å²) in [6, 6.07) is 16.6. The Hall–Kier alpha value is -3.87. The van der Waals surface area contributed by atoms with Crippen LogP contribution in [0.3, 0.4) is 0 Å². The van der Waals surface area contributed by atoms with E-state index in [2.05, 4.69) is 10.5 Å². The van der Waals surface area contributed by atoms with Crippen LogP contribution in [0.2, 0.25) is 0 Å². The van der Waals surface area contributed by atoms with Gasteiger partial charge >= 0.3 is 5.97 Å². The quantitative estimate of drug-likeness (QED) is 0.386. The van der Waals surface area contributed by atoms with Gasteiger partial charge in [-0.3, -0.25) is 5.43 Å². The largest absolute Gasteiger partial charge is 0.545 e. The van der Waals surface area contributed by atoms with Gasteiger partial charge in [-0.1, -0.05) is 24.3 Å². The number of hydrogen-bond donors (Lipinski definition) is 1. The highest BCUT2D eigenvalue weighted by molar-refractivity contribution is 5.90. The lowest BCUT2D eigenvalue weighted by molar-refractivity contribution is -0.255. The van der Waals surface area contributed by atoms with Crippen LogP contribution in [-0.2, 0) is 4.74 Å². The lowest BCUT2D eigenvalue weighted by Crippen LogP contribution is -2.22. The van der Waals surface area contributed by atoms with Gasteiger partial charge in [-0.2, -0.15) is 5.10 Å². The predicted octanol–water partition coefficient (Wildman–Crippen LogP) is 2.93. The Bertz CT molecular complexity index is 1010. The molecule has 3 rings (SSSR count). The number of nitrogens with zero attached hydrogens (tertiary/aromatic N) is 1. The summed E-state index contributed by atoms with van der Waals surface area (Å²) in [7, 11) is 0. The van der Waals surface area contributed by atoms with Gasteiger partial charge in [0.05, 0.1) is 30.0 Å². The molecule has 0 amide bonds. The Morgan fingerprint density at radius 3 is 2.61 bits per heavy atom. The van der Waals surface area contributed by atoms with Gasteiger partial charge in [0, 0.05) is 5.56 Å². The SMILES string of the molecule is CCOC(=O)c1ccc(-c2ccc(/C=N\Nc3cccc(C(=O)[O-])c3)o2)cc1. The van der Waals surface area contributed by atoms with E-state index in [-0.39, 0.29) is 11.5 Å². The first-order valence-electron chi connectivity index (χ1n) is 8.54. The Kier molecular flexibility index (Phi) is 5.86. The fourth-order valence-electron chi connectivity index (χ4n) is 2.45. The molecule has 7 nitrogen and oxygen atoms in total. The average Bonchev–Trinajstić information content (AvgIpc) is 3.17. The molecule has 3 aromatic rings. The fraction of sp³-hybridized carbons (Fsp3) is 0.0952. The predicted molar refractivity (Wildman–Crippen MR) is 102 cm³/mol. The van der Waals surface area contributed by atoms with E-state index in [0.29, 0.717) is 29.4 Å². The van der Waals surface area contributed by atoms with Crippen LogP contribution in [0.25, 0.3) is 11.3 Å². The van der Waals surface area contributed by atoms with E-state index in [1.807, 2.05) is 0 Å². The number of furan rings is 1. The number of carboxylic acid groups (broad SMARTS) is 1. The third-order valence-electron chi connectivity index (χ3n) is 3.79. The van der Waals surface area contributed by atoms with Gasteiger partial charge < -0.3 is 19.1 Å². The zero-order chi connectivity index (χ0) is 19.9. The maximum atomic E-state index is 11.7. The fourth-order valence-corrected chi connectivity index (χ4v) is 2.45. The maximum absolute atomic E-state index is 11.7. The van der Waals surface area contributed by atoms with Crippen LogP contribution in [0.4, 0.5) is 5.69 Å². The van der Waals surface area contributed by atoms with E-state index in [1.165, 1.54) is 18.3 Å². The van der Waals surface area contributed by atoms with Crippen molar-refractivity contribution in [2.45, 2.75) is 6.92 Å². The van der Waals surface area contributed by atoms with Crippen LogP contribution in [0.1, 0.15) is 33.4 Å². The normalized spacial score (nSPS) is 10.8. The standard InChI is InChI=1S/C21H18N2O5/c1-2-27-21(26)15-8-6-14(7-9-15)19-11-10-18(28-19)13-22-23-17-5-3-4-16(12-17)20(24)25/h3-13,23H,2H2,1H3,(H,24,25)/p-1/b22-13-. The topological polar surface area (TPSA) is 104 Å². The van der Waals surface area contributed by atoms with Crippen molar-refractivity contribution < 1.29 is 23.8 Å². The zero-order valence-electron chi connectivity index (χ0n) is 15.0. The highest BCUT2D eigenvalue weighted by Crippen LogP contribution is 2.22. The van der Waals surface area contributed by atoms with Crippen molar-refractivity contribution >= 4 is 23.8 Å². The third kappa shape index (κ3) is 4.64. The summed E-state index contributed by atoms with van der Waals surface area (Å²) in [6.07, 6.45) is 1.47. The summed E-state index contributed by atoms with van der Waals surface area (Å²) in [5.74, 6) is -0.490. The number of rotatable bonds is 7. The van der Waals surface area contributed by atoms with Crippen molar-refractivity contribution in [2.24, 2.45) is 5.10 Å². The first kappa shape index (κ1) is 18.9. The number of benzene rings is 2. The minimum atomic E-state index is -1.25. The summed E-state index contributed by atoms with van der Waals surface area (Å²) in [5.41, 5.74) is 4.59. The number of ether oxygens (including phenoxy) is 1. The average molecular weight is 377 g/mol. The number of carboxylic acids is 1. The molecule has 1 aromatic heterocycles. The Morgan fingerprint density at radius 2 is 1.89 bits per heavy atom. The highest BCUT2D eigenvalue weighted by Gasteiger charge is 2.08. The molecule has 7 heteroatoms. The molecular formula is C21H17N2O5-. The molecule has 0 saturated carbocycles. The van der Waals surface area contributed by atoms with Crippen LogP contribution < -0.4 is 10.5 Å². The van der Waals surface area contributed by atoms with Gasteiger partial charge in [-0.25, -0.2) is 4.79 Å². The Morgan fingerprint density at radius 1 is 1.11 bits per heavy atom. The monoisotopic (exact) mass is 377 g/mol. The number of nitrogens with one attached hydrogen (secondary N) is 1. The number of esters is 1. The number of hydrogen-bond acceptors (Lipinski definition) is 7. The molecule has 0 atom stereocenters. The van der Waals surface area contributed by atoms with Crippen LogP contribution in [0, 0.1) is 0 Å². The molecule has 142 valence electrons. The van der Waals surface area contributed by atoms with Crippen molar-refractivity contribution in [2.75, 3.05) is 12.0 Å². The molecule has 1 N–H and O–H groups in total. The van der Waals surface area contributed by atoms with Crippen LogP contribution in [0.5, 0.6) is 0 Å². The second kappa shape index (κ2) is 8.68. The van der Waals surface area contributed by atoms with Crippen molar-refractivity contribution in [3.63, 3.8) is 0 Å². The molecule has 0 unspecified atom stereocenters. The summed E-state index contributed by atoms with van der Waals surface area (Å²) in [6.45, 7) is 2.08. The molecule has 0 spiro atoms. The number of aromatic carboxylic acids is 1. The molecule has 0 radical (unpaired) electrons. The van der Waals surface area contributed by atoms with Crippen molar-refractivity contribution in [1.29, 1.82) is 0 Å². The van der Waals surface area contributed by atoms with E-state index in [0.717, 1.165) is 5.56 Å². The van der Waals surface area contributed by atoms with Gasteiger partial charge in [0.2, 0.25) is 0 Å². The van der Waals surface area contributed by atoms with Gasteiger partial charge in [-0.15, -0.1) is 0 Å². The van der Waals surface area contributed by atoms with Crippen molar-refractivity contribution in [3.05, 3.63) is 77.6 Å².